The number of alkyl halides is 1. The third kappa shape index (κ3) is 3.42. The van der Waals surface area contributed by atoms with Gasteiger partial charge in [-0.2, -0.15) is 8.42 Å². The van der Waals surface area contributed by atoms with E-state index >= 15 is 0 Å². The molecule has 1 amide bonds. The molecule has 2 atom stereocenters. The number of carbonyl (C=O) groups is 1. The molecular formula is C8H14FNO4S. The molecule has 0 spiro atoms. The van der Waals surface area contributed by atoms with Gasteiger partial charge in [0.1, 0.15) is 12.3 Å². The van der Waals surface area contributed by atoms with Crippen LogP contribution in [0.2, 0.25) is 0 Å². The maximum atomic E-state index is 13.3. The van der Waals surface area contributed by atoms with Crippen LogP contribution >= 0.6 is 0 Å². The van der Waals surface area contributed by atoms with Gasteiger partial charge in [-0.05, 0) is 0 Å². The molecule has 5 nitrogen and oxygen atoms in total. The Hall–Kier alpha value is -0.690. The topological polar surface area (TPSA) is 63.7 Å². The fraction of sp³-hybridized carbons (Fsp3) is 0.875. The number of carbonyl (C=O) groups excluding carboxylic acids is 1. The fourth-order valence-electron chi connectivity index (χ4n) is 1.48. The van der Waals surface area contributed by atoms with E-state index in [1.807, 2.05) is 0 Å². The van der Waals surface area contributed by atoms with Crippen molar-refractivity contribution in [1.29, 1.82) is 0 Å². The van der Waals surface area contributed by atoms with E-state index in [1.54, 1.807) is 6.92 Å². The molecule has 1 aliphatic heterocycles. The Labute approximate surface area is 88.3 Å². The van der Waals surface area contributed by atoms with Crippen LogP contribution in [0.5, 0.6) is 0 Å². The van der Waals surface area contributed by atoms with Crippen LogP contribution < -0.4 is 0 Å². The number of likely N-dealkylation sites (tertiary alicyclic amines) is 1. The minimum absolute atomic E-state index is 0.000903. The zero-order valence-corrected chi connectivity index (χ0v) is 9.46. The molecule has 0 unspecified atom stereocenters. The molecule has 88 valence electrons. The van der Waals surface area contributed by atoms with Gasteiger partial charge in [-0.25, -0.2) is 4.39 Å². The lowest BCUT2D eigenvalue weighted by atomic mass is 10.3. The summed E-state index contributed by atoms with van der Waals surface area (Å²) in [7, 11) is -3.67. The van der Waals surface area contributed by atoms with Crippen molar-refractivity contribution in [3.63, 3.8) is 0 Å². The molecule has 15 heavy (non-hydrogen) atoms. The lowest BCUT2D eigenvalue weighted by Gasteiger charge is -2.14. The molecule has 1 heterocycles. The summed E-state index contributed by atoms with van der Waals surface area (Å²) in [5.41, 5.74) is 0. The molecule has 1 rings (SSSR count). The van der Waals surface area contributed by atoms with Crippen molar-refractivity contribution in [3.8, 4) is 0 Å². The standard InChI is InChI=1S/C8H14FNO4S/c1-3-8(11)10-4-6(9)7(5-10)14-15(2,12)13/h6-7H,3-5H2,1-2H3/t6-,7-/m1/s1. The number of rotatable bonds is 3. The SMILES string of the molecule is CCC(=O)N1C[C@@H](F)[C@H](OS(C)(=O)=O)C1. The van der Waals surface area contributed by atoms with Crippen molar-refractivity contribution in [2.45, 2.75) is 25.6 Å². The summed E-state index contributed by atoms with van der Waals surface area (Å²) >= 11 is 0. The Bertz CT molecular complexity index is 343. The Morgan fingerprint density at radius 1 is 1.53 bits per heavy atom. The van der Waals surface area contributed by atoms with E-state index in [9.17, 15) is 17.6 Å². The number of hydrogen-bond acceptors (Lipinski definition) is 4. The molecule has 1 saturated heterocycles. The van der Waals surface area contributed by atoms with Gasteiger partial charge >= 0.3 is 0 Å². The van der Waals surface area contributed by atoms with Crippen LogP contribution in [0.15, 0.2) is 0 Å². The van der Waals surface area contributed by atoms with Gasteiger partial charge in [-0.3, -0.25) is 8.98 Å². The summed E-state index contributed by atoms with van der Waals surface area (Å²) in [4.78, 5) is 12.5. The maximum Gasteiger partial charge on any atom is 0.264 e. The van der Waals surface area contributed by atoms with Gasteiger partial charge in [-0.15, -0.1) is 0 Å². The van der Waals surface area contributed by atoms with Gasteiger partial charge < -0.3 is 4.90 Å². The van der Waals surface area contributed by atoms with Crippen molar-refractivity contribution < 1.29 is 21.8 Å². The van der Waals surface area contributed by atoms with Gasteiger partial charge in [-0.1, -0.05) is 6.92 Å². The summed E-state index contributed by atoms with van der Waals surface area (Å²) in [5.74, 6) is -0.197. The molecule has 1 aliphatic rings. The van der Waals surface area contributed by atoms with Crippen LogP contribution in [0.4, 0.5) is 4.39 Å². The third-order valence-corrected chi connectivity index (χ3v) is 2.75. The van der Waals surface area contributed by atoms with Crippen LogP contribution in [0.3, 0.4) is 0 Å². The van der Waals surface area contributed by atoms with Crippen LogP contribution in [0.1, 0.15) is 13.3 Å². The van der Waals surface area contributed by atoms with E-state index in [0.717, 1.165) is 6.26 Å². The van der Waals surface area contributed by atoms with E-state index in [4.69, 9.17) is 0 Å². The molecule has 0 saturated carbocycles. The Morgan fingerprint density at radius 3 is 2.60 bits per heavy atom. The van der Waals surface area contributed by atoms with Crippen LogP contribution in [-0.4, -0.2) is 50.8 Å². The summed E-state index contributed by atoms with van der Waals surface area (Å²) in [6, 6.07) is 0. The van der Waals surface area contributed by atoms with Crippen molar-refractivity contribution in [2.75, 3.05) is 19.3 Å². The van der Waals surface area contributed by atoms with E-state index in [-0.39, 0.29) is 25.4 Å². The first-order chi connectivity index (χ1) is 6.83. The summed E-state index contributed by atoms with van der Waals surface area (Å²) in [6.07, 6.45) is -1.35. The second kappa shape index (κ2) is 4.44. The summed E-state index contributed by atoms with van der Waals surface area (Å²) in [5, 5.41) is 0. The van der Waals surface area contributed by atoms with Crippen LogP contribution in [0.25, 0.3) is 0 Å². The molecule has 0 bridgehead atoms. The highest BCUT2D eigenvalue weighted by Crippen LogP contribution is 2.18. The van der Waals surface area contributed by atoms with Crippen molar-refractivity contribution >= 4 is 16.0 Å². The highest BCUT2D eigenvalue weighted by atomic mass is 32.2. The molecule has 1 fully saturated rings. The smallest absolute Gasteiger partial charge is 0.264 e. The summed E-state index contributed by atoms with van der Waals surface area (Å²) in [6.45, 7) is 1.58. The van der Waals surface area contributed by atoms with Crippen molar-refractivity contribution in [1.82, 2.24) is 4.90 Å². The van der Waals surface area contributed by atoms with E-state index in [1.165, 1.54) is 4.90 Å². The van der Waals surface area contributed by atoms with E-state index in [2.05, 4.69) is 4.18 Å². The quantitative estimate of drug-likeness (QED) is 0.646. The monoisotopic (exact) mass is 239 g/mol. The van der Waals surface area contributed by atoms with Crippen molar-refractivity contribution in [3.05, 3.63) is 0 Å². The first-order valence-electron chi connectivity index (χ1n) is 4.63. The highest BCUT2D eigenvalue weighted by molar-refractivity contribution is 7.86. The minimum atomic E-state index is -3.67. The molecule has 0 aromatic carbocycles. The molecule has 0 radical (unpaired) electrons. The Balaban J connectivity index is 2.61. The number of hydrogen-bond donors (Lipinski definition) is 0. The minimum Gasteiger partial charge on any atom is -0.337 e. The summed E-state index contributed by atoms with van der Waals surface area (Å²) < 4.78 is 39.4. The van der Waals surface area contributed by atoms with Gasteiger partial charge in [0.15, 0.2) is 0 Å². The molecule has 0 aromatic heterocycles. The normalized spacial score (nSPS) is 27.0. The third-order valence-electron chi connectivity index (χ3n) is 2.15. The van der Waals surface area contributed by atoms with Crippen molar-refractivity contribution in [2.24, 2.45) is 0 Å². The largest absolute Gasteiger partial charge is 0.337 e. The fourth-order valence-corrected chi connectivity index (χ4v) is 2.11. The zero-order chi connectivity index (χ0) is 11.6. The van der Waals surface area contributed by atoms with Gasteiger partial charge in [0, 0.05) is 6.42 Å². The van der Waals surface area contributed by atoms with Gasteiger partial charge in [0.05, 0.1) is 19.3 Å². The highest BCUT2D eigenvalue weighted by Gasteiger charge is 2.37. The molecular weight excluding hydrogens is 225 g/mol. The first kappa shape index (κ1) is 12.4. The Kier molecular flexibility index (Phi) is 3.67. The first-order valence-corrected chi connectivity index (χ1v) is 6.45. The zero-order valence-electron chi connectivity index (χ0n) is 8.64. The van der Waals surface area contributed by atoms with Crippen LogP contribution in [0, 0.1) is 0 Å². The lowest BCUT2D eigenvalue weighted by Crippen LogP contribution is -2.30. The predicted octanol–water partition coefficient (Wildman–Crippen LogP) is -0.0785. The van der Waals surface area contributed by atoms with Crippen LogP contribution in [-0.2, 0) is 19.1 Å². The predicted molar refractivity (Wildman–Crippen MR) is 51.5 cm³/mol. The molecule has 0 aromatic rings. The van der Waals surface area contributed by atoms with E-state index in [0.29, 0.717) is 0 Å². The number of nitrogens with zero attached hydrogens (tertiary/aromatic N) is 1. The van der Waals surface area contributed by atoms with Gasteiger partial charge in [0.2, 0.25) is 5.91 Å². The molecule has 0 N–H and O–H groups in total. The second-order valence-corrected chi connectivity index (χ2v) is 5.11. The average Bonchev–Trinajstić information content (AvgIpc) is 2.44. The molecule has 7 heteroatoms. The van der Waals surface area contributed by atoms with E-state index < -0.39 is 22.4 Å². The molecule has 0 aliphatic carbocycles. The number of amides is 1. The second-order valence-electron chi connectivity index (χ2n) is 3.51. The average molecular weight is 239 g/mol. The van der Waals surface area contributed by atoms with Gasteiger partial charge in [0.25, 0.3) is 10.1 Å². The number of halogens is 1. The lowest BCUT2D eigenvalue weighted by molar-refractivity contribution is -0.130. The maximum absolute atomic E-state index is 13.3. The Morgan fingerprint density at radius 2 is 2.13 bits per heavy atom.